The molecule has 2 rings (SSSR count). The Morgan fingerprint density at radius 3 is 2.54 bits per heavy atom. The van der Waals surface area contributed by atoms with Gasteiger partial charge in [-0.05, 0) is 42.7 Å². The van der Waals surface area contributed by atoms with Crippen LogP contribution in [-0.4, -0.2) is 18.9 Å². The quantitative estimate of drug-likeness (QED) is 0.830. The van der Waals surface area contributed by atoms with Crippen LogP contribution in [0.25, 0.3) is 0 Å². The molecule has 126 valence electrons. The Hall–Kier alpha value is -2.66. The fourth-order valence-electron chi connectivity index (χ4n) is 2.39. The van der Waals surface area contributed by atoms with Gasteiger partial charge in [0.25, 0.3) is 0 Å². The number of methoxy groups -OCH3 is 1. The van der Waals surface area contributed by atoms with E-state index in [0.717, 1.165) is 22.3 Å². The highest BCUT2D eigenvalue weighted by Gasteiger charge is 2.14. The molecule has 0 radical (unpaired) electrons. The van der Waals surface area contributed by atoms with Crippen LogP contribution < -0.4 is 10.6 Å². The number of rotatable bonds is 5. The molecule has 0 bridgehead atoms. The third-order valence-corrected chi connectivity index (χ3v) is 3.64. The molecule has 2 aromatic rings. The lowest BCUT2D eigenvalue weighted by Crippen LogP contribution is -2.35. The molecule has 0 spiro atoms. The zero-order valence-corrected chi connectivity index (χ0v) is 14.2. The van der Waals surface area contributed by atoms with E-state index < -0.39 is 11.8 Å². The normalized spacial score (nSPS) is 10.3. The largest absolute Gasteiger partial charge is 0.380 e. The van der Waals surface area contributed by atoms with Gasteiger partial charge < -0.3 is 15.4 Å². The van der Waals surface area contributed by atoms with Gasteiger partial charge in [0.15, 0.2) is 0 Å². The highest BCUT2D eigenvalue weighted by Crippen LogP contribution is 2.12. The Kier molecular flexibility index (Phi) is 6.09. The molecule has 2 aromatic carbocycles. The minimum atomic E-state index is -0.686. The molecular weight excluding hydrogens is 304 g/mol. The van der Waals surface area contributed by atoms with Gasteiger partial charge >= 0.3 is 11.8 Å². The molecule has 0 aliphatic heterocycles. The summed E-state index contributed by atoms with van der Waals surface area (Å²) < 4.78 is 5.05. The van der Waals surface area contributed by atoms with E-state index in [1.807, 2.05) is 38.1 Å². The van der Waals surface area contributed by atoms with Crippen LogP contribution >= 0.6 is 0 Å². The van der Waals surface area contributed by atoms with Gasteiger partial charge in [0.05, 0.1) is 6.61 Å². The maximum Gasteiger partial charge on any atom is 0.313 e. The maximum atomic E-state index is 12.0. The number of nitrogens with one attached hydrogen (secondary N) is 2. The predicted molar refractivity (Wildman–Crippen MR) is 93.5 cm³/mol. The topological polar surface area (TPSA) is 67.4 Å². The van der Waals surface area contributed by atoms with Gasteiger partial charge in [-0.25, -0.2) is 0 Å². The van der Waals surface area contributed by atoms with Crippen molar-refractivity contribution in [3.63, 3.8) is 0 Å². The second kappa shape index (κ2) is 8.26. The second-order valence-electron chi connectivity index (χ2n) is 5.70. The summed E-state index contributed by atoms with van der Waals surface area (Å²) in [4.78, 5) is 23.9. The number of amides is 2. The average Bonchev–Trinajstić information content (AvgIpc) is 2.54. The van der Waals surface area contributed by atoms with Crippen molar-refractivity contribution in [1.29, 1.82) is 0 Å². The summed E-state index contributed by atoms with van der Waals surface area (Å²) in [6.07, 6.45) is 0. The van der Waals surface area contributed by atoms with Crippen LogP contribution in [0.4, 0.5) is 5.69 Å². The zero-order valence-electron chi connectivity index (χ0n) is 14.2. The van der Waals surface area contributed by atoms with Crippen molar-refractivity contribution in [1.82, 2.24) is 5.32 Å². The molecule has 0 aliphatic carbocycles. The summed E-state index contributed by atoms with van der Waals surface area (Å²) in [5, 5.41) is 5.24. The van der Waals surface area contributed by atoms with Crippen molar-refractivity contribution >= 4 is 17.5 Å². The summed E-state index contributed by atoms with van der Waals surface area (Å²) in [6.45, 7) is 4.76. The minimum Gasteiger partial charge on any atom is -0.380 e. The third kappa shape index (κ3) is 4.93. The summed E-state index contributed by atoms with van der Waals surface area (Å²) in [6, 6.07) is 13.2. The van der Waals surface area contributed by atoms with Crippen molar-refractivity contribution < 1.29 is 14.3 Å². The van der Waals surface area contributed by atoms with Crippen molar-refractivity contribution in [2.45, 2.75) is 27.0 Å². The van der Waals surface area contributed by atoms with Crippen molar-refractivity contribution in [3.8, 4) is 0 Å². The summed E-state index contributed by atoms with van der Waals surface area (Å²) >= 11 is 0. The molecule has 0 fully saturated rings. The van der Waals surface area contributed by atoms with Crippen LogP contribution in [-0.2, 0) is 27.5 Å². The second-order valence-corrected chi connectivity index (χ2v) is 5.70. The molecule has 2 N–H and O–H groups in total. The van der Waals surface area contributed by atoms with Crippen molar-refractivity contribution in [2.24, 2.45) is 0 Å². The number of aryl methyl sites for hydroxylation is 2. The van der Waals surface area contributed by atoms with Crippen LogP contribution in [0.15, 0.2) is 42.5 Å². The molecule has 0 saturated heterocycles. The lowest BCUT2D eigenvalue weighted by Gasteiger charge is -2.10. The highest BCUT2D eigenvalue weighted by molar-refractivity contribution is 6.39. The smallest absolute Gasteiger partial charge is 0.313 e. The van der Waals surface area contributed by atoms with Crippen LogP contribution in [0.3, 0.4) is 0 Å². The van der Waals surface area contributed by atoms with Gasteiger partial charge in [0, 0.05) is 19.3 Å². The molecule has 0 aromatic heterocycles. The van der Waals surface area contributed by atoms with E-state index in [9.17, 15) is 9.59 Å². The molecule has 24 heavy (non-hydrogen) atoms. The SMILES string of the molecule is COCc1cccc(NC(=O)C(=O)NCc2ccc(C)cc2C)c1. The number of carbonyl (C=O) groups excluding carboxylic acids is 2. The fourth-order valence-corrected chi connectivity index (χ4v) is 2.39. The third-order valence-electron chi connectivity index (χ3n) is 3.64. The lowest BCUT2D eigenvalue weighted by atomic mass is 10.1. The Bertz CT molecular complexity index is 741. The van der Waals surface area contributed by atoms with E-state index in [-0.39, 0.29) is 0 Å². The van der Waals surface area contributed by atoms with Gasteiger partial charge in [0.1, 0.15) is 0 Å². The molecular formula is C19H22N2O3. The molecule has 0 aliphatic rings. The number of hydrogen-bond donors (Lipinski definition) is 2. The number of hydrogen-bond acceptors (Lipinski definition) is 3. The summed E-state index contributed by atoms with van der Waals surface area (Å²) in [5.74, 6) is -1.35. The molecule has 2 amide bonds. The van der Waals surface area contributed by atoms with Crippen molar-refractivity contribution in [3.05, 3.63) is 64.7 Å². The molecule has 5 nitrogen and oxygen atoms in total. The van der Waals surface area contributed by atoms with Gasteiger partial charge in [-0.1, -0.05) is 35.9 Å². The first-order valence-electron chi connectivity index (χ1n) is 7.73. The Labute approximate surface area is 142 Å². The standard InChI is InChI=1S/C19H22N2O3/c1-13-7-8-16(14(2)9-13)11-20-18(22)19(23)21-17-6-4-5-15(10-17)12-24-3/h4-10H,11-12H2,1-3H3,(H,20,22)(H,21,23). The van der Waals surface area contributed by atoms with Crippen LogP contribution in [0.5, 0.6) is 0 Å². The first-order chi connectivity index (χ1) is 11.5. The van der Waals surface area contributed by atoms with Crippen LogP contribution in [0.2, 0.25) is 0 Å². The molecule has 0 heterocycles. The summed E-state index contributed by atoms with van der Waals surface area (Å²) in [5.41, 5.74) is 4.73. The van der Waals surface area contributed by atoms with E-state index in [4.69, 9.17) is 4.74 Å². The maximum absolute atomic E-state index is 12.0. The number of benzene rings is 2. The Morgan fingerprint density at radius 2 is 1.83 bits per heavy atom. The van der Waals surface area contributed by atoms with Gasteiger partial charge in [-0.15, -0.1) is 0 Å². The first-order valence-corrected chi connectivity index (χ1v) is 7.73. The summed E-state index contributed by atoms with van der Waals surface area (Å²) in [7, 11) is 1.60. The number of anilines is 1. The zero-order chi connectivity index (χ0) is 17.5. The van der Waals surface area contributed by atoms with E-state index in [1.165, 1.54) is 0 Å². The van der Waals surface area contributed by atoms with Crippen molar-refractivity contribution in [2.75, 3.05) is 12.4 Å². The first kappa shape index (κ1) is 17.7. The molecule has 5 heteroatoms. The highest BCUT2D eigenvalue weighted by atomic mass is 16.5. The van der Waals surface area contributed by atoms with E-state index in [0.29, 0.717) is 18.8 Å². The van der Waals surface area contributed by atoms with E-state index >= 15 is 0 Å². The monoisotopic (exact) mass is 326 g/mol. The minimum absolute atomic E-state index is 0.322. The lowest BCUT2D eigenvalue weighted by molar-refractivity contribution is -0.136. The Balaban J connectivity index is 1.92. The Morgan fingerprint density at radius 1 is 1.04 bits per heavy atom. The van der Waals surface area contributed by atoms with Gasteiger partial charge in [-0.3, -0.25) is 9.59 Å². The van der Waals surface area contributed by atoms with Gasteiger partial charge in [0.2, 0.25) is 0 Å². The average molecular weight is 326 g/mol. The van der Waals surface area contributed by atoms with Crippen LogP contribution in [0, 0.1) is 13.8 Å². The molecule has 0 atom stereocenters. The van der Waals surface area contributed by atoms with Gasteiger partial charge in [-0.2, -0.15) is 0 Å². The van der Waals surface area contributed by atoms with E-state index in [1.54, 1.807) is 25.3 Å². The van der Waals surface area contributed by atoms with Crippen LogP contribution in [0.1, 0.15) is 22.3 Å². The number of ether oxygens (including phenoxy) is 1. The molecule has 0 unspecified atom stereocenters. The number of carbonyl (C=O) groups is 2. The fraction of sp³-hybridized carbons (Fsp3) is 0.263. The molecule has 0 saturated carbocycles. The predicted octanol–water partition coefficient (Wildman–Crippen LogP) is 2.70. The van der Waals surface area contributed by atoms with E-state index in [2.05, 4.69) is 10.6 Å².